The molecule has 0 saturated heterocycles. The monoisotopic (exact) mass is 297 g/mol. The Labute approximate surface area is 119 Å². The van der Waals surface area contributed by atoms with E-state index in [2.05, 4.69) is 5.32 Å². The highest BCUT2D eigenvalue weighted by Gasteiger charge is 2.07. The fourth-order valence-corrected chi connectivity index (χ4v) is 2.30. The molecular weight excluding hydrogens is 289 g/mol. The molecule has 0 aliphatic rings. The van der Waals surface area contributed by atoms with Gasteiger partial charge in [0.1, 0.15) is 5.03 Å². The Bertz CT molecular complexity index is 561. The van der Waals surface area contributed by atoms with Crippen LogP contribution in [-0.2, 0) is 4.79 Å². The first-order valence-electron chi connectivity index (χ1n) is 5.13. The number of benzene rings is 1. The van der Waals surface area contributed by atoms with Crippen LogP contribution in [0.3, 0.4) is 0 Å². The summed E-state index contributed by atoms with van der Waals surface area (Å²) < 4.78 is 0. The molecular formula is C13H9Cl2NOS. The molecule has 1 aromatic carbocycles. The Balaban J connectivity index is 2.06. The molecule has 92 valence electrons. The summed E-state index contributed by atoms with van der Waals surface area (Å²) in [6.45, 7) is 0. The van der Waals surface area contributed by atoms with Crippen LogP contribution in [0.1, 0.15) is 4.88 Å². The highest BCUT2D eigenvalue weighted by atomic mass is 35.5. The number of hydrogen-bond donors (Lipinski definition) is 1. The number of anilines is 1. The van der Waals surface area contributed by atoms with Crippen molar-refractivity contribution in [3.05, 3.63) is 56.7 Å². The third-order valence-corrected chi connectivity index (χ3v) is 3.48. The fourth-order valence-electron chi connectivity index (χ4n) is 1.29. The van der Waals surface area contributed by atoms with E-state index >= 15 is 0 Å². The average molecular weight is 298 g/mol. The van der Waals surface area contributed by atoms with Gasteiger partial charge in [0.25, 0.3) is 5.91 Å². The Morgan fingerprint density at radius 2 is 1.94 bits per heavy atom. The molecule has 0 spiro atoms. The molecule has 1 aromatic heterocycles. The van der Waals surface area contributed by atoms with Gasteiger partial charge in [0.2, 0.25) is 0 Å². The summed E-state index contributed by atoms with van der Waals surface area (Å²) in [5.41, 5.74) is 0.655. The van der Waals surface area contributed by atoms with E-state index in [1.165, 1.54) is 11.3 Å². The SMILES string of the molecule is O=C(Nc1ccc(Cl)cc1)/C(Cl)=C/c1cccs1. The van der Waals surface area contributed by atoms with E-state index in [-0.39, 0.29) is 10.9 Å². The maximum atomic E-state index is 11.8. The first kappa shape index (κ1) is 13.1. The Hall–Kier alpha value is -1.29. The molecule has 2 rings (SSSR count). The molecule has 0 radical (unpaired) electrons. The molecule has 1 N–H and O–H groups in total. The highest BCUT2D eigenvalue weighted by molar-refractivity contribution is 7.10. The lowest BCUT2D eigenvalue weighted by Gasteiger charge is -2.03. The van der Waals surface area contributed by atoms with E-state index in [0.29, 0.717) is 10.7 Å². The number of amides is 1. The second kappa shape index (κ2) is 6.05. The van der Waals surface area contributed by atoms with Crippen LogP contribution in [-0.4, -0.2) is 5.91 Å². The molecule has 0 unspecified atom stereocenters. The van der Waals surface area contributed by atoms with E-state index < -0.39 is 0 Å². The molecule has 2 aromatic rings. The molecule has 0 saturated carbocycles. The molecule has 0 bridgehead atoms. The minimum Gasteiger partial charge on any atom is -0.321 e. The van der Waals surface area contributed by atoms with Crippen molar-refractivity contribution in [2.24, 2.45) is 0 Å². The molecule has 5 heteroatoms. The standard InChI is InChI=1S/C13H9Cl2NOS/c14-9-3-5-10(6-4-9)16-13(17)12(15)8-11-2-1-7-18-11/h1-8H,(H,16,17)/b12-8-. The zero-order chi connectivity index (χ0) is 13.0. The summed E-state index contributed by atoms with van der Waals surface area (Å²) in [5, 5.41) is 5.38. The van der Waals surface area contributed by atoms with Crippen LogP contribution in [0.5, 0.6) is 0 Å². The van der Waals surface area contributed by atoms with Gasteiger partial charge in [-0.2, -0.15) is 0 Å². The van der Waals surface area contributed by atoms with E-state index in [1.54, 1.807) is 30.3 Å². The lowest BCUT2D eigenvalue weighted by Crippen LogP contribution is -2.11. The topological polar surface area (TPSA) is 29.1 Å². The highest BCUT2D eigenvalue weighted by Crippen LogP contribution is 2.18. The number of halogens is 2. The van der Waals surface area contributed by atoms with Crippen LogP contribution in [0.25, 0.3) is 6.08 Å². The Morgan fingerprint density at radius 1 is 1.22 bits per heavy atom. The van der Waals surface area contributed by atoms with Gasteiger partial charge in [-0.15, -0.1) is 11.3 Å². The molecule has 0 fully saturated rings. The molecule has 0 atom stereocenters. The van der Waals surface area contributed by atoms with Gasteiger partial charge < -0.3 is 5.32 Å². The van der Waals surface area contributed by atoms with Gasteiger partial charge in [-0.25, -0.2) is 0 Å². The van der Waals surface area contributed by atoms with Crippen molar-refractivity contribution in [2.75, 3.05) is 5.32 Å². The van der Waals surface area contributed by atoms with Crippen molar-refractivity contribution >= 4 is 52.2 Å². The van der Waals surface area contributed by atoms with Crippen molar-refractivity contribution in [3.8, 4) is 0 Å². The zero-order valence-electron chi connectivity index (χ0n) is 9.19. The van der Waals surface area contributed by atoms with Crippen molar-refractivity contribution in [3.63, 3.8) is 0 Å². The second-order valence-electron chi connectivity index (χ2n) is 3.47. The van der Waals surface area contributed by atoms with E-state index in [9.17, 15) is 4.79 Å². The van der Waals surface area contributed by atoms with Crippen molar-refractivity contribution < 1.29 is 4.79 Å². The predicted octanol–water partition coefficient (Wildman–Crippen LogP) is 4.62. The first-order valence-corrected chi connectivity index (χ1v) is 6.76. The normalized spacial score (nSPS) is 11.3. The lowest BCUT2D eigenvalue weighted by molar-refractivity contribution is -0.112. The minimum atomic E-state index is -0.340. The van der Waals surface area contributed by atoms with Crippen molar-refractivity contribution in [1.29, 1.82) is 0 Å². The number of rotatable bonds is 3. The molecule has 1 amide bonds. The summed E-state index contributed by atoms with van der Waals surface area (Å²) in [6.07, 6.45) is 1.64. The molecule has 2 nitrogen and oxygen atoms in total. The molecule has 0 aliphatic heterocycles. The number of thiophene rings is 1. The third-order valence-electron chi connectivity index (χ3n) is 2.13. The first-order chi connectivity index (χ1) is 8.65. The van der Waals surface area contributed by atoms with Gasteiger partial charge in [0.15, 0.2) is 0 Å². The molecule has 0 aliphatic carbocycles. The lowest BCUT2D eigenvalue weighted by atomic mass is 10.3. The van der Waals surface area contributed by atoms with E-state index in [4.69, 9.17) is 23.2 Å². The van der Waals surface area contributed by atoms with Gasteiger partial charge in [0, 0.05) is 15.6 Å². The number of carbonyl (C=O) groups excluding carboxylic acids is 1. The predicted molar refractivity (Wildman–Crippen MR) is 78.2 cm³/mol. The third kappa shape index (κ3) is 3.60. The summed E-state index contributed by atoms with van der Waals surface area (Å²) in [5.74, 6) is -0.340. The van der Waals surface area contributed by atoms with Gasteiger partial charge in [-0.05, 0) is 41.8 Å². The average Bonchev–Trinajstić information content (AvgIpc) is 2.85. The summed E-state index contributed by atoms with van der Waals surface area (Å²) in [7, 11) is 0. The maximum Gasteiger partial charge on any atom is 0.267 e. The van der Waals surface area contributed by atoms with E-state index in [0.717, 1.165) is 4.88 Å². The van der Waals surface area contributed by atoms with Crippen LogP contribution in [0.2, 0.25) is 5.02 Å². The maximum absolute atomic E-state index is 11.8. The molecule has 1 heterocycles. The largest absolute Gasteiger partial charge is 0.321 e. The quantitative estimate of drug-likeness (QED) is 0.823. The molecule has 18 heavy (non-hydrogen) atoms. The van der Waals surface area contributed by atoms with Crippen LogP contribution >= 0.6 is 34.5 Å². The summed E-state index contributed by atoms with van der Waals surface area (Å²) in [6, 6.07) is 10.6. The van der Waals surface area contributed by atoms with Gasteiger partial charge in [0.05, 0.1) is 0 Å². The Morgan fingerprint density at radius 3 is 2.56 bits per heavy atom. The number of carbonyl (C=O) groups is 1. The van der Waals surface area contributed by atoms with E-state index in [1.807, 2.05) is 17.5 Å². The summed E-state index contributed by atoms with van der Waals surface area (Å²) >= 11 is 13.2. The van der Waals surface area contributed by atoms with Crippen LogP contribution in [0, 0.1) is 0 Å². The van der Waals surface area contributed by atoms with Gasteiger partial charge in [-0.1, -0.05) is 29.3 Å². The van der Waals surface area contributed by atoms with Gasteiger partial charge in [-0.3, -0.25) is 4.79 Å². The van der Waals surface area contributed by atoms with Crippen molar-refractivity contribution in [2.45, 2.75) is 0 Å². The second-order valence-corrected chi connectivity index (χ2v) is 5.29. The zero-order valence-corrected chi connectivity index (χ0v) is 11.5. The fraction of sp³-hybridized carbons (Fsp3) is 0. The number of nitrogens with one attached hydrogen (secondary N) is 1. The smallest absolute Gasteiger partial charge is 0.267 e. The van der Waals surface area contributed by atoms with Crippen LogP contribution < -0.4 is 5.32 Å². The Kier molecular flexibility index (Phi) is 4.42. The van der Waals surface area contributed by atoms with Crippen molar-refractivity contribution in [1.82, 2.24) is 0 Å². The minimum absolute atomic E-state index is 0.146. The number of hydrogen-bond acceptors (Lipinski definition) is 2. The van der Waals surface area contributed by atoms with Crippen LogP contribution in [0.4, 0.5) is 5.69 Å². The van der Waals surface area contributed by atoms with Gasteiger partial charge >= 0.3 is 0 Å². The summed E-state index contributed by atoms with van der Waals surface area (Å²) in [4.78, 5) is 12.7. The van der Waals surface area contributed by atoms with Crippen LogP contribution in [0.15, 0.2) is 46.8 Å².